The summed E-state index contributed by atoms with van der Waals surface area (Å²) in [4.78, 5) is 115. The van der Waals surface area contributed by atoms with E-state index in [-0.39, 0.29) is 37.8 Å². The smallest absolute Gasteiger partial charge is 0.330 e. The summed E-state index contributed by atoms with van der Waals surface area (Å²) in [5, 5.41) is 13.5. The molecule has 0 unspecified atom stereocenters. The maximum atomic E-state index is 14.5. The number of fused-ring (bicyclic) bond motifs is 2. The molecule has 2 aliphatic rings. The number of rotatable bonds is 43. The van der Waals surface area contributed by atoms with Crippen LogP contribution in [0.15, 0.2) is 169 Å². The van der Waals surface area contributed by atoms with Gasteiger partial charge in [0.15, 0.2) is 0 Å². The fraction of sp³-hybridized carbons (Fsp3) is 0.395. The zero-order valence-corrected chi connectivity index (χ0v) is 65.0. The lowest BCUT2D eigenvalue weighted by Crippen LogP contribution is -2.30. The van der Waals surface area contributed by atoms with Gasteiger partial charge in [0.25, 0.3) is 0 Å². The van der Waals surface area contributed by atoms with Crippen molar-refractivity contribution in [3.8, 4) is 45.6 Å². The van der Waals surface area contributed by atoms with Crippen LogP contribution in [0, 0.1) is 23.7 Å². The van der Waals surface area contributed by atoms with Crippen molar-refractivity contribution in [1.82, 2.24) is 9.97 Å². The number of nitrogens with zero attached hydrogens (tertiary/aromatic N) is 6. The molecule has 2 saturated carbocycles. The monoisotopic (exact) mass is 1560 g/mol. The van der Waals surface area contributed by atoms with Crippen LogP contribution in [0.3, 0.4) is 0 Å². The van der Waals surface area contributed by atoms with Crippen LogP contribution in [0.1, 0.15) is 153 Å². The summed E-state index contributed by atoms with van der Waals surface area (Å²) >= 11 is 2.67. The predicted octanol–water partition coefficient (Wildman–Crippen LogP) is 16.9. The highest BCUT2D eigenvalue weighted by Crippen LogP contribution is 2.38. The zero-order chi connectivity index (χ0) is 78.8. The number of anilines is 2. The van der Waals surface area contributed by atoms with E-state index in [9.17, 15) is 38.4 Å². The minimum absolute atomic E-state index is 0.153. The maximum Gasteiger partial charge on any atom is 0.330 e. The summed E-state index contributed by atoms with van der Waals surface area (Å²) in [6.45, 7) is 12.4. The molecule has 10 rings (SSSR count). The molecule has 2 heterocycles. The Balaban J connectivity index is 0.866. The van der Waals surface area contributed by atoms with Crippen molar-refractivity contribution in [3.63, 3.8) is 0 Å². The molecule has 0 amide bonds. The molecule has 26 heteroatoms. The Morgan fingerprint density at radius 3 is 1.11 bits per heavy atom. The number of benzene rings is 6. The van der Waals surface area contributed by atoms with E-state index in [0.717, 1.165) is 85.8 Å². The molecule has 0 bridgehead atoms. The standard InChI is InChI=1S/C86H96N6O18S2/c1-5-9-47-105-79(95)57-91(85-89-71-23-15-17-25-75(71)111-85)87-55-65-53-63(35-45-73(65)109-83(99)61-31-27-59(28-32-61)81(97)107-69-41-37-67(38-42-69)101-49-19-11-13-21-51-103-77(93)7-3)64-36-46-74(66(54-64)56-88-92(58-80(96)106-48-10-6-2)86-90-72-24-16-18-26-76(72)112-86)110-84(100)62-33-29-60(30-34-62)82(98)108-70-43-39-68(40-44-70)102-50-20-12-14-22-52-104-78(94)8-4/h7-8,15-18,23-26,35-46,53-56,59-62H,3-6,9-14,19-22,27-34,47-52,57-58H2,1-2H3/b87-55+,88-56+. The van der Waals surface area contributed by atoms with Crippen LogP contribution < -0.4 is 38.4 Å². The largest absolute Gasteiger partial charge is 0.494 e. The van der Waals surface area contributed by atoms with E-state index < -0.39 is 71.4 Å². The van der Waals surface area contributed by atoms with Crippen LogP contribution in [-0.4, -0.2) is 123 Å². The lowest BCUT2D eigenvalue weighted by atomic mass is 9.82. The second-order valence-corrected chi connectivity index (χ2v) is 29.2. The lowest BCUT2D eigenvalue weighted by Gasteiger charge is -2.26. The third-order valence-corrected chi connectivity index (χ3v) is 20.9. The molecular formula is C86H96N6O18S2. The highest BCUT2D eigenvalue weighted by Gasteiger charge is 2.35. The van der Waals surface area contributed by atoms with Crippen molar-refractivity contribution < 1.29 is 85.7 Å². The Kier molecular flexibility index (Phi) is 32.8. The highest BCUT2D eigenvalue weighted by molar-refractivity contribution is 7.22. The molecule has 6 aromatic carbocycles. The lowest BCUT2D eigenvalue weighted by molar-refractivity contribution is -0.145. The van der Waals surface area contributed by atoms with Gasteiger partial charge in [0.05, 0.1) is 96.2 Å². The molecule has 0 spiro atoms. The van der Waals surface area contributed by atoms with Gasteiger partial charge in [-0.15, -0.1) is 0 Å². The second-order valence-electron chi connectivity index (χ2n) is 27.2. The van der Waals surface area contributed by atoms with E-state index in [1.165, 1.54) is 45.1 Å². The van der Waals surface area contributed by atoms with Gasteiger partial charge in [0, 0.05) is 23.3 Å². The van der Waals surface area contributed by atoms with Gasteiger partial charge in [-0.3, -0.25) is 28.8 Å². The molecule has 0 atom stereocenters. The van der Waals surface area contributed by atoms with Gasteiger partial charge in [-0.1, -0.05) is 98.9 Å². The fourth-order valence-electron chi connectivity index (χ4n) is 12.4. The number of ether oxygens (including phenoxy) is 10. The number of thiazole rings is 2. The summed E-state index contributed by atoms with van der Waals surface area (Å²) < 4.78 is 59.1. The molecule has 2 fully saturated rings. The molecule has 0 saturated heterocycles. The minimum atomic E-state index is -0.569. The topological polar surface area (TPSA) is 286 Å². The summed E-state index contributed by atoms with van der Waals surface area (Å²) in [7, 11) is 0. The quantitative estimate of drug-likeness (QED) is 0.00652. The number of carbonyl (C=O) groups excluding carboxylic acids is 8. The fourth-order valence-corrected chi connectivity index (χ4v) is 14.3. The Bertz CT molecular complexity index is 4190. The van der Waals surface area contributed by atoms with E-state index in [0.29, 0.717) is 157 Å². The minimum Gasteiger partial charge on any atom is -0.494 e. The first-order valence-corrected chi connectivity index (χ1v) is 40.1. The molecule has 2 aromatic heterocycles. The third-order valence-electron chi connectivity index (χ3n) is 18.8. The first-order chi connectivity index (χ1) is 54.6. The Hall–Kier alpha value is -11.1. The number of unbranched alkanes of at least 4 members (excludes halogenated alkanes) is 8. The number of carbonyl (C=O) groups is 8. The van der Waals surface area contributed by atoms with Crippen molar-refractivity contribution in [2.45, 2.75) is 142 Å². The van der Waals surface area contributed by atoms with Crippen LogP contribution in [0.5, 0.6) is 34.5 Å². The molecule has 8 aromatic rings. The Labute approximate surface area is 660 Å². The molecule has 0 N–H and O–H groups in total. The van der Waals surface area contributed by atoms with Gasteiger partial charge >= 0.3 is 47.8 Å². The molecule has 112 heavy (non-hydrogen) atoms. The van der Waals surface area contributed by atoms with Crippen molar-refractivity contribution in [1.29, 1.82) is 0 Å². The third kappa shape index (κ3) is 26.0. The summed E-state index contributed by atoms with van der Waals surface area (Å²) in [5.41, 5.74) is 3.27. The number of hydrogen-bond acceptors (Lipinski definition) is 26. The van der Waals surface area contributed by atoms with Gasteiger partial charge in [-0.05, 0) is 224 Å². The van der Waals surface area contributed by atoms with E-state index in [2.05, 4.69) is 13.2 Å². The first kappa shape index (κ1) is 83.4. The molecule has 24 nitrogen and oxygen atoms in total. The van der Waals surface area contributed by atoms with E-state index >= 15 is 0 Å². The number of aromatic nitrogens is 2. The van der Waals surface area contributed by atoms with Crippen LogP contribution >= 0.6 is 22.7 Å². The second kappa shape index (κ2) is 44.1. The van der Waals surface area contributed by atoms with Crippen LogP contribution in [0.4, 0.5) is 10.3 Å². The first-order valence-electron chi connectivity index (χ1n) is 38.5. The normalized spacial score (nSPS) is 15.4. The molecule has 0 aliphatic heterocycles. The SMILES string of the molecule is C=CC(=O)OCCCCCCOc1ccc(OC(=O)C2CCC(C(=O)Oc3ccc(-c4ccc(OC(=O)C5CCC(C(=O)Oc6ccc(OCCCCCCOC(=O)C=C)cc6)CC5)c(/C=N/N(CC(=O)OCCCC)c5nc6ccccc6s5)c4)cc3/C=N/N(CC(=O)OCCCC)c3nc4ccccc4s3)CC2)cc1. The van der Waals surface area contributed by atoms with Gasteiger partial charge in [0.1, 0.15) is 47.6 Å². The molecule has 590 valence electrons. The zero-order valence-electron chi connectivity index (χ0n) is 63.4. The van der Waals surface area contributed by atoms with E-state index in [1.807, 2.05) is 62.4 Å². The molecular weight excluding hydrogens is 1470 g/mol. The van der Waals surface area contributed by atoms with Crippen molar-refractivity contribution in [2.75, 3.05) is 62.7 Å². The number of esters is 8. The number of hydrogen-bond donors (Lipinski definition) is 0. The summed E-state index contributed by atoms with van der Waals surface area (Å²) in [6, 6.07) is 39.3. The Morgan fingerprint density at radius 1 is 0.411 bits per heavy atom. The van der Waals surface area contributed by atoms with E-state index in [4.69, 9.17) is 67.5 Å². The molecule has 2 aliphatic carbocycles. The summed E-state index contributed by atoms with van der Waals surface area (Å²) in [5.74, 6) is -3.48. The van der Waals surface area contributed by atoms with Gasteiger partial charge < -0.3 is 47.4 Å². The van der Waals surface area contributed by atoms with Crippen molar-refractivity contribution in [2.24, 2.45) is 33.9 Å². The van der Waals surface area contributed by atoms with Crippen LogP contribution in [-0.2, 0) is 57.3 Å². The van der Waals surface area contributed by atoms with Crippen molar-refractivity contribution in [3.05, 3.63) is 170 Å². The molecule has 0 radical (unpaired) electrons. The average molecular weight is 1570 g/mol. The Morgan fingerprint density at radius 2 is 0.750 bits per heavy atom. The summed E-state index contributed by atoms with van der Waals surface area (Å²) in [6.07, 6.45) is 17.9. The maximum absolute atomic E-state index is 14.5. The van der Waals surface area contributed by atoms with Gasteiger partial charge in [0.2, 0.25) is 10.3 Å². The highest BCUT2D eigenvalue weighted by atomic mass is 32.1. The van der Waals surface area contributed by atoms with Gasteiger partial charge in [-0.2, -0.15) is 10.2 Å². The van der Waals surface area contributed by atoms with Crippen LogP contribution in [0.25, 0.3) is 31.6 Å². The number of para-hydroxylation sites is 2. The van der Waals surface area contributed by atoms with Crippen molar-refractivity contribution >= 4 is 114 Å². The number of hydrazone groups is 2. The van der Waals surface area contributed by atoms with Gasteiger partial charge in [-0.25, -0.2) is 29.6 Å². The van der Waals surface area contributed by atoms with E-state index in [1.54, 1.807) is 84.9 Å². The average Bonchev–Trinajstić information content (AvgIpc) is 1.48. The van der Waals surface area contributed by atoms with Crippen LogP contribution in [0.2, 0.25) is 0 Å². The predicted molar refractivity (Wildman–Crippen MR) is 429 cm³/mol.